The number of rotatable bonds is 5. The van der Waals surface area contributed by atoms with E-state index in [9.17, 15) is 19.6 Å². The van der Waals surface area contributed by atoms with E-state index in [1.807, 2.05) is 13.8 Å². The van der Waals surface area contributed by atoms with Crippen molar-refractivity contribution in [1.29, 1.82) is 5.26 Å². The maximum atomic E-state index is 13.4. The number of aryl methyl sites for hydroxylation is 1. The van der Waals surface area contributed by atoms with Gasteiger partial charge in [-0.1, -0.05) is 32.4 Å². The lowest BCUT2D eigenvalue weighted by atomic mass is 9.95. The molecule has 1 aromatic carbocycles. The van der Waals surface area contributed by atoms with Gasteiger partial charge in [0.2, 0.25) is 5.91 Å². The minimum Gasteiger partial charge on any atom is -0.315 e. The number of nitrogens with one attached hydrogen (secondary N) is 1. The van der Waals surface area contributed by atoms with E-state index in [2.05, 4.69) is 11.4 Å². The first kappa shape index (κ1) is 20.3. The molecule has 4 rings (SSSR count). The van der Waals surface area contributed by atoms with Crippen molar-refractivity contribution in [2.75, 3.05) is 5.32 Å². The van der Waals surface area contributed by atoms with Gasteiger partial charge in [0.05, 0.1) is 16.7 Å². The van der Waals surface area contributed by atoms with E-state index in [-0.39, 0.29) is 5.92 Å². The normalized spacial score (nSPS) is 17.2. The van der Waals surface area contributed by atoms with Crippen LogP contribution in [0.5, 0.6) is 0 Å². The predicted octanol–water partition coefficient (Wildman–Crippen LogP) is 4.15. The Labute approximate surface area is 179 Å². The highest BCUT2D eigenvalue weighted by molar-refractivity contribution is 7.16. The number of anilines is 1. The van der Waals surface area contributed by atoms with Gasteiger partial charge in [-0.3, -0.25) is 19.3 Å². The third kappa shape index (κ3) is 3.21. The van der Waals surface area contributed by atoms with Crippen molar-refractivity contribution >= 4 is 34.1 Å². The van der Waals surface area contributed by atoms with Crippen LogP contribution in [0.2, 0.25) is 0 Å². The van der Waals surface area contributed by atoms with Crippen molar-refractivity contribution in [3.63, 3.8) is 0 Å². The fourth-order valence-electron chi connectivity index (χ4n) is 4.27. The van der Waals surface area contributed by atoms with Crippen LogP contribution in [0, 0.1) is 17.2 Å². The Balaban J connectivity index is 1.67. The van der Waals surface area contributed by atoms with Gasteiger partial charge < -0.3 is 5.32 Å². The second-order valence-corrected chi connectivity index (χ2v) is 8.98. The molecule has 0 unspecified atom stereocenters. The summed E-state index contributed by atoms with van der Waals surface area (Å²) in [6, 6.07) is 7.95. The van der Waals surface area contributed by atoms with Crippen molar-refractivity contribution in [2.45, 2.75) is 52.0 Å². The van der Waals surface area contributed by atoms with Crippen LogP contribution in [-0.2, 0) is 17.6 Å². The van der Waals surface area contributed by atoms with E-state index in [4.69, 9.17) is 0 Å². The number of nitriles is 1. The molecule has 1 N–H and O–H groups in total. The number of nitrogens with zero attached hydrogens (tertiary/aromatic N) is 2. The first-order valence-electron chi connectivity index (χ1n) is 10.3. The summed E-state index contributed by atoms with van der Waals surface area (Å²) in [6.07, 6.45) is 4.50. The van der Waals surface area contributed by atoms with Crippen LogP contribution in [0.15, 0.2) is 24.3 Å². The molecular formula is C23H23N3O3S. The number of amides is 3. The van der Waals surface area contributed by atoms with Crippen LogP contribution < -0.4 is 5.32 Å². The van der Waals surface area contributed by atoms with Gasteiger partial charge in [-0.15, -0.1) is 11.3 Å². The SMILES string of the molecule is CC[C@@H](C)[C@H](C(=O)Nc1sc2c(c1C#N)CCCC2)N1C(=O)c2ccccc2C1=O. The van der Waals surface area contributed by atoms with E-state index in [0.29, 0.717) is 28.1 Å². The van der Waals surface area contributed by atoms with Gasteiger partial charge in [0.1, 0.15) is 17.1 Å². The third-order valence-corrected chi connectivity index (χ3v) is 7.28. The Bertz CT molecular complexity index is 1050. The predicted molar refractivity (Wildman–Crippen MR) is 114 cm³/mol. The molecule has 3 amide bonds. The van der Waals surface area contributed by atoms with Crippen LogP contribution in [-0.4, -0.2) is 28.7 Å². The number of benzene rings is 1. The Morgan fingerprint density at radius 3 is 2.43 bits per heavy atom. The molecule has 0 fully saturated rings. The van der Waals surface area contributed by atoms with Gasteiger partial charge >= 0.3 is 0 Å². The molecule has 1 aliphatic carbocycles. The summed E-state index contributed by atoms with van der Waals surface area (Å²) in [5.74, 6) is -1.54. The summed E-state index contributed by atoms with van der Waals surface area (Å²) in [6.45, 7) is 3.78. The second kappa shape index (κ2) is 8.04. The molecule has 2 atom stereocenters. The minimum atomic E-state index is -0.937. The zero-order valence-corrected chi connectivity index (χ0v) is 17.8. The molecular weight excluding hydrogens is 398 g/mol. The van der Waals surface area contributed by atoms with Gasteiger partial charge in [-0.25, -0.2) is 0 Å². The largest absolute Gasteiger partial charge is 0.315 e. The van der Waals surface area contributed by atoms with Crippen molar-refractivity contribution in [2.24, 2.45) is 5.92 Å². The van der Waals surface area contributed by atoms with Crippen molar-refractivity contribution in [1.82, 2.24) is 4.90 Å². The van der Waals surface area contributed by atoms with E-state index in [1.165, 1.54) is 11.3 Å². The van der Waals surface area contributed by atoms with Crippen LogP contribution in [0.1, 0.15) is 69.8 Å². The van der Waals surface area contributed by atoms with E-state index in [0.717, 1.165) is 41.0 Å². The van der Waals surface area contributed by atoms with Crippen molar-refractivity contribution in [3.8, 4) is 6.07 Å². The molecule has 0 saturated heterocycles. The maximum absolute atomic E-state index is 13.4. The third-order valence-electron chi connectivity index (χ3n) is 6.08. The number of fused-ring (bicyclic) bond motifs is 2. The number of imide groups is 1. The van der Waals surface area contributed by atoms with Gasteiger partial charge in [-0.05, 0) is 49.3 Å². The maximum Gasteiger partial charge on any atom is 0.262 e. The number of carbonyl (C=O) groups is 3. The smallest absolute Gasteiger partial charge is 0.262 e. The highest BCUT2D eigenvalue weighted by Gasteiger charge is 2.44. The number of thiophene rings is 1. The van der Waals surface area contributed by atoms with Crippen LogP contribution >= 0.6 is 11.3 Å². The molecule has 2 heterocycles. The Morgan fingerprint density at radius 2 is 1.83 bits per heavy atom. The van der Waals surface area contributed by atoms with Crippen LogP contribution in [0.4, 0.5) is 5.00 Å². The molecule has 0 spiro atoms. The average Bonchev–Trinajstić information content (AvgIpc) is 3.23. The molecule has 6 nitrogen and oxygen atoms in total. The monoisotopic (exact) mass is 421 g/mol. The number of hydrogen-bond donors (Lipinski definition) is 1. The quantitative estimate of drug-likeness (QED) is 0.735. The summed E-state index contributed by atoms with van der Waals surface area (Å²) in [5, 5.41) is 13.1. The van der Waals surface area contributed by atoms with Crippen molar-refractivity contribution < 1.29 is 14.4 Å². The summed E-state index contributed by atoms with van der Waals surface area (Å²) in [5.41, 5.74) is 2.21. The molecule has 1 aliphatic heterocycles. The summed E-state index contributed by atoms with van der Waals surface area (Å²) < 4.78 is 0. The Kier molecular flexibility index (Phi) is 5.44. The second-order valence-electron chi connectivity index (χ2n) is 7.87. The Morgan fingerprint density at radius 1 is 1.20 bits per heavy atom. The number of carbonyl (C=O) groups excluding carboxylic acids is 3. The fraction of sp³-hybridized carbons (Fsp3) is 0.391. The molecule has 30 heavy (non-hydrogen) atoms. The molecule has 2 aromatic rings. The lowest BCUT2D eigenvalue weighted by Gasteiger charge is -2.29. The lowest BCUT2D eigenvalue weighted by Crippen LogP contribution is -2.50. The summed E-state index contributed by atoms with van der Waals surface area (Å²) in [7, 11) is 0. The fourth-order valence-corrected chi connectivity index (χ4v) is 5.51. The topological polar surface area (TPSA) is 90.3 Å². The molecule has 0 saturated carbocycles. The summed E-state index contributed by atoms with van der Waals surface area (Å²) >= 11 is 1.44. The van der Waals surface area contributed by atoms with Crippen molar-refractivity contribution in [3.05, 3.63) is 51.4 Å². The minimum absolute atomic E-state index is 0.229. The molecule has 0 radical (unpaired) electrons. The first-order chi connectivity index (χ1) is 14.5. The summed E-state index contributed by atoms with van der Waals surface area (Å²) in [4.78, 5) is 41.6. The van der Waals surface area contributed by atoms with Gasteiger partial charge in [0, 0.05) is 4.88 Å². The zero-order chi connectivity index (χ0) is 21.4. The van der Waals surface area contributed by atoms with Gasteiger partial charge in [0.15, 0.2) is 0 Å². The average molecular weight is 422 g/mol. The highest BCUT2D eigenvalue weighted by atomic mass is 32.1. The molecule has 0 bridgehead atoms. The first-order valence-corrected chi connectivity index (χ1v) is 11.1. The standard InChI is InChI=1S/C23H23N3O3S/c1-3-13(2)19(26-22(28)15-9-4-5-10-16(15)23(26)29)20(27)25-21-17(12-24)14-8-6-7-11-18(14)30-21/h4-5,9-10,13,19H,3,6-8,11H2,1-2H3,(H,25,27)/t13-,19-/m1/s1. The van der Waals surface area contributed by atoms with Gasteiger partial charge in [0.25, 0.3) is 11.8 Å². The molecule has 1 aromatic heterocycles. The van der Waals surface area contributed by atoms with E-state index in [1.54, 1.807) is 24.3 Å². The molecule has 2 aliphatic rings. The zero-order valence-electron chi connectivity index (χ0n) is 17.0. The highest BCUT2D eigenvalue weighted by Crippen LogP contribution is 2.38. The van der Waals surface area contributed by atoms with Gasteiger partial charge in [-0.2, -0.15) is 5.26 Å². The van der Waals surface area contributed by atoms with E-state index >= 15 is 0 Å². The Hall–Kier alpha value is -2.98. The van der Waals surface area contributed by atoms with Crippen LogP contribution in [0.25, 0.3) is 0 Å². The number of hydrogen-bond acceptors (Lipinski definition) is 5. The molecule has 154 valence electrons. The van der Waals surface area contributed by atoms with E-state index < -0.39 is 23.8 Å². The lowest BCUT2D eigenvalue weighted by molar-refractivity contribution is -0.121. The van der Waals surface area contributed by atoms with Crippen LogP contribution in [0.3, 0.4) is 0 Å². The molecule has 7 heteroatoms.